The number of piperidine rings is 1. The van der Waals surface area contributed by atoms with Crippen LogP contribution in [-0.4, -0.2) is 54.6 Å². The van der Waals surface area contributed by atoms with Gasteiger partial charge in [-0.05, 0) is 69.1 Å². The molecule has 0 radical (unpaired) electrons. The first kappa shape index (κ1) is 25.7. The molecule has 1 saturated heterocycles. The molecule has 8 heteroatoms. The van der Waals surface area contributed by atoms with Crippen LogP contribution in [0.2, 0.25) is 0 Å². The van der Waals surface area contributed by atoms with E-state index in [-0.39, 0.29) is 6.03 Å². The summed E-state index contributed by atoms with van der Waals surface area (Å²) in [6.45, 7) is 7.69. The summed E-state index contributed by atoms with van der Waals surface area (Å²) in [7, 11) is 3.83. The average molecular weight is 492 g/mol. The van der Waals surface area contributed by atoms with Gasteiger partial charge in [0.15, 0.2) is 0 Å². The Kier molecular flexibility index (Phi) is 8.61. The van der Waals surface area contributed by atoms with Crippen molar-refractivity contribution in [3.63, 3.8) is 0 Å². The van der Waals surface area contributed by atoms with Crippen LogP contribution in [0.4, 0.5) is 10.6 Å². The van der Waals surface area contributed by atoms with E-state index in [0.29, 0.717) is 37.4 Å². The molecule has 1 aliphatic heterocycles. The first-order chi connectivity index (χ1) is 17.4. The zero-order valence-electron chi connectivity index (χ0n) is 21.7. The second-order valence-corrected chi connectivity index (χ2v) is 9.61. The molecule has 1 fully saturated rings. The number of likely N-dealkylation sites (tertiary alicyclic amines) is 1. The minimum absolute atomic E-state index is 0.299. The predicted molar refractivity (Wildman–Crippen MR) is 142 cm³/mol. The molecule has 0 bridgehead atoms. The monoisotopic (exact) mass is 491 g/mol. The maximum atomic E-state index is 13.0. The third-order valence-corrected chi connectivity index (χ3v) is 6.65. The fraction of sp³-hybridized carbons (Fsp3) is 0.429. The van der Waals surface area contributed by atoms with Crippen molar-refractivity contribution in [1.82, 2.24) is 20.0 Å². The van der Waals surface area contributed by atoms with Gasteiger partial charge in [0.2, 0.25) is 5.88 Å². The summed E-state index contributed by atoms with van der Waals surface area (Å²) in [6, 6.07) is 15.6. The number of aromatic nitrogens is 2. The molecule has 0 spiro atoms. The average Bonchev–Trinajstić information content (AvgIpc) is 3.18. The Labute approximate surface area is 213 Å². The van der Waals surface area contributed by atoms with E-state index in [1.54, 1.807) is 11.8 Å². The Bertz CT molecular complexity index is 1160. The van der Waals surface area contributed by atoms with Crippen LogP contribution >= 0.6 is 0 Å². The molecule has 2 aromatic carbocycles. The normalized spacial score (nSPS) is 16.1. The molecule has 2 N–H and O–H groups in total. The number of aryl methyl sites for hydroxylation is 1. The summed E-state index contributed by atoms with van der Waals surface area (Å²) >= 11 is 0. The number of anilines is 1. The van der Waals surface area contributed by atoms with E-state index >= 15 is 0 Å². The summed E-state index contributed by atoms with van der Waals surface area (Å²) in [5, 5.41) is 10.7. The Morgan fingerprint density at radius 2 is 1.97 bits per heavy atom. The number of benzene rings is 2. The number of urea groups is 1. The fourth-order valence-corrected chi connectivity index (χ4v) is 4.62. The van der Waals surface area contributed by atoms with Crippen LogP contribution in [0.15, 0.2) is 48.5 Å². The van der Waals surface area contributed by atoms with Gasteiger partial charge in [0.1, 0.15) is 5.82 Å². The van der Waals surface area contributed by atoms with Crippen molar-refractivity contribution in [3.8, 4) is 11.6 Å². The highest BCUT2D eigenvalue weighted by molar-refractivity contribution is 5.89. The molecule has 1 unspecified atom stereocenters. The molecule has 2 amide bonds. The van der Waals surface area contributed by atoms with Gasteiger partial charge in [-0.3, -0.25) is 5.32 Å². The molecule has 0 saturated carbocycles. The van der Waals surface area contributed by atoms with Crippen molar-refractivity contribution in [2.75, 3.05) is 39.2 Å². The Morgan fingerprint density at radius 1 is 1.17 bits per heavy atom. The molecule has 192 valence electrons. The number of methoxy groups -OCH3 is 1. The molecule has 3 aromatic rings. The second kappa shape index (κ2) is 12.1. The topological polar surface area (TPSA) is 80.7 Å². The first-order valence-corrected chi connectivity index (χ1v) is 12.5. The maximum absolute atomic E-state index is 13.0. The van der Waals surface area contributed by atoms with E-state index < -0.39 is 0 Å². The highest BCUT2D eigenvalue weighted by Crippen LogP contribution is 2.29. The lowest BCUT2D eigenvalue weighted by molar-refractivity contribution is 0.147. The third kappa shape index (κ3) is 6.44. The third-order valence-electron chi connectivity index (χ3n) is 6.65. The number of ether oxygens (including phenoxy) is 2. The minimum atomic E-state index is -0.299. The molecule has 8 nitrogen and oxygen atoms in total. The lowest BCUT2D eigenvalue weighted by Crippen LogP contribution is -2.34. The van der Waals surface area contributed by atoms with Crippen LogP contribution in [0.1, 0.15) is 35.1 Å². The van der Waals surface area contributed by atoms with E-state index in [1.807, 2.05) is 56.3 Å². The second-order valence-electron chi connectivity index (χ2n) is 9.61. The Balaban J connectivity index is 1.48. The summed E-state index contributed by atoms with van der Waals surface area (Å²) < 4.78 is 13.2. The number of hydrogen-bond acceptors (Lipinski definition) is 5. The number of carbonyl (C=O) groups excluding carboxylic acids is 1. The van der Waals surface area contributed by atoms with Crippen LogP contribution in [0.25, 0.3) is 5.69 Å². The lowest BCUT2D eigenvalue weighted by atomic mass is 10.00. The summed E-state index contributed by atoms with van der Waals surface area (Å²) in [5.41, 5.74) is 4.89. The van der Waals surface area contributed by atoms with E-state index in [4.69, 9.17) is 14.6 Å². The molecule has 1 aromatic heterocycles. The zero-order chi connectivity index (χ0) is 25.5. The van der Waals surface area contributed by atoms with Gasteiger partial charge in [-0.2, -0.15) is 0 Å². The van der Waals surface area contributed by atoms with Crippen LogP contribution in [0.3, 0.4) is 0 Å². The lowest BCUT2D eigenvalue weighted by Gasteiger charge is -2.29. The fourth-order valence-electron chi connectivity index (χ4n) is 4.62. The van der Waals surface area contributed by atoms with Crippen molar-refractivity contribution >= 4 is 11.8 Å². The van der Waals surface area contributed by atoms with E-state index in [1.165, 1.54) is 6.42 Å². The highest BCUT2D eigenvalue weighted by atomic mass is 16.5. The number of nitrogens with zero attached hydrogens (tertiary/aromatic N) is 3. The zero-order valence-corrected chi connectivity index (χ0v) is 21.7. The molecular weight excluding hydrogens is 454 g/mol. The van der Waals surface area contributed by atoms with Crippen LogP contribution in [0, 0.1) is 19.8 Å². The summed E-state index contributed by atoms with van der Waals surface area (Å²) in [4.78, 5) is 15.3. The van der Waals surface area contributed by atoms with Gasteiger partial charge in [0.05, 0.1) is 24.5 Å². The van der Waals surface area contributed by atoms with Gasteiger partial charge < -0.3 is 19.7 Å². The van der Waals surface area contributed by atoms with Crippen molar-refractivity contribution in [3.05, 3.63) is 70.8 Å². The molecule has 1 aliphatic rings. The largest absolute Gasteiger partial charge is 0.476 e. The van der Waals surface area contributed by atoms with Crippen LogP contribution in [-0.2, 0) is 17.9 Å². The van der Waals surface area contributed by atoms with Gasteiger partial charge in [-0.1, -0.05) is 36.4 Å². The van der Waals surface area contributed by atoms with Crippen molar-refractivity contribution in [2.24, 2.45) is 5.92 Å². The SMILES string of the molecule is COCc1ccc(C)c(CNC(=O)Nc2c(C)c(OCC3CCCN(C)C3)nn2-c2ccccc2)c1. The number of carbonyl (C=O) groups is 1. The summed E-state index contributed by atoms with van der Waals surface area (Å²) in [6.07, 6.45) is 2.34. The minimum Gasteiger partial charge on any atom is -0.476 e. The quantitative estimate of drug-likeness (QED) is 0.454. The predicted octanol–water partition coefficient (Wildman–Crippen LogP) is 4.68. The Morgan fingerprint density at radius 3 is 2.72 bits per heavy atom. The number of hydrogen-bond donors (Lipinski definition) is 2. The number of nitrogens with one attached hydrogen (secondary N) is 2. The first-order valence-electron chi connectivity index (χ1n) is 12.5. The highest BCUT2D eigenvalue weighted by Gasteiger charge is 2.22. The van der Waals surface area contributed by atoms with Gasteiger partial charge in [-0.25, -0.2) is 9.48 Å². The molecular formula is C28H37N5O3. The molecule has 1 atom stereocenters. The van der Waals surface area contributed by atoms with E-state index in [2.05, 4.69) is 28.6 Å². The van der Waals surface area contributed by atoms with Crippen LogP contribution in [0.5, 0.6) is 5.88 Å². The number of rotatable bonds is 9. The van der Waals surface area contributed by atoms with E-state index in [9.17, 15) is 4.79 Å². The summed E-state index contributed by atoms with van der Waals surface area (Å²) in [5.74, 6) is 1.62. The van der Waals surface area contributed by atoms with Gasteiger partial charge in [-0.15, -0.1) is 5.10 Å². The number of amides is 2. The van der Waals surface area contributed by atoms with Gasteiger partial charge in [0.25, 0.3) is 0 Å². The number of para-hydroxylation sites is 1. The van der Waals surface area contributed by atoms with Crippen molar-refractivity contribution < 1.29 is 14.3 Å². The van der Waals surface area contributed by atoms with E-state index in [0.717, 1.165) is 47.5 Å². The van der Waals surface area contributed by atoms with Crippen LogP contribution < -0.4 is 15.4 Å². The standard InChI is InChI=1S/C28H37N5O3/c1-20-12-13-22(18-35-4)15-24(20)16-29-28(34)30-26-21(2)27(31-33(26)25-10-6-5-7-11-25)36-19-23-9-8-14-32(3)17-23/h5-7,10-13,15,23H,8-9,14,16-19H2,1-4H3,(H2,29,30,34). The smallest absolute Gasteiger partial charge is 0.320 e. The van der Waals surface area contributed by atoms with Gasteiger partial charge in [0, 0.05) is 26.1 Å². The van der Waals surface area contributed by atoms with Crippen molar-refractivity contribution in [2.45, 2.75) is 39.8 Å². The molecule has 2 heterocycles. The maximum Gasteiger partial charge on any atom is 0.320 e. The van der Waals surface area contributed by atoms with Crippen molar-refractivity contribution in [1.29, 1.82) is 0 Å². The molecule has 0 aliphatic carbocycles. The molecule has 4 rings (SSSR count). The Hall–Kier alpha value is -3.36. The molecule has 36 heavy (non-hydrogen) atoms. The van der Waals surface area contributed by atoms with Gasteiger partial charge >= 0.3 is 6.03 Å².